The van der Waals surface area contributed by atoms with E-state index in [0.717, 1.165) is 6.42 Å². The Bertz CT molecular complexity index is 401. The molecule has 0 bridgehead atoms. The number of hydrogen-bond donors (Lipinski definition) is 1. The van der Waals surface area contributed by atoms with Crippen molar-refractivity contribution in [2.45, 2.75) is 59.0 Å². The predicted octanol–water partition coefficient (Wildman–Crippen LogP) is 3.96. The van der Waals surface area contributed by atoms with Gasteiger partial charge in [0.2, 0.25) is 0 Å². The topological polar surface area (TPSA) is 29.3 Å². The van der Waals surface area contributed by atoms with E-state index in [4.69, 9.17) is 5.73 Å². The smallest absolute Gasteiger partial charge is 0.0593 e. The molecule has 1 aromatic rings. The normalized spacial score (nSPS) is 23.2. The molecule has 19 heavy (non-hydrogen) atoms. The summed E-state index contributed by atoms with van der Waals surface area (Å²) < 4.78 is 0. The number of aryl methyl sites for hydroxylation is 1. The summed E-state index contributed by atoms with van der Waals surface area (Å²) in [6.45, 7) is 11.5. The van der Waals surface area contributed by atoms with Crippen LogP contribution >= 0.6 is 11.3 Å². The summed E-state index contributed by atoms with van der Waals surface area (Å²) >= 11 is 1.91. The van der Waals surface area contributed by atoms with Crippen molar-refractivity contribution in [3.8, 4) is 0 Å². The quantitative estimate of drug-likeness (QED) is 0.904. The van der Waals surface area contributed by atoms with Crippen molar-refractivity contribution >= 4 is 11.3 Å². The molecule has 2 rings (SSSR count). The minimum Gasteiger partial charge on any atom is -0.326 e. The van der Waals surface area contributed by atoms with E-state index < -0.39 is 0 Å². The fourth-order valence-corrected chi connectivity index (χ4v) is 3.99. The number of nitrogens with two attached hydrogens (primary N) is 1. The number of thiophene rings is 1. The molecule has 3 heteroatoms. The maximum Gasteiger partial charge on any atom is 0.0593 e. The van der Waals surface area contributed by atoms with Crippen LogP contribution in [0.3, 0.4) is 0 Å². The highest BCUT2D eigenvalue weighted by Gasteiger charge is 2.32. The summed E-state index contributed by atoms with van der Waals surface area (Å²) in [7, 11) is 0. The van der Waals surface area contributed by atoms with Crippen molar-refractivity contribution in [2.75, 3.05) is 13.1 Å². The molecule has 108 valence electrons. The van der Waals surface area contributed by atoms with E-state index >= 15 is 0 Å². The van der Waals surface area contributed by atoms with Gasteiger partial charge in [0.25, 0.3) is 0 Å². The molecule has 0 spiro atoms. The summed E-state index contributed by atoms with van der Waals surface area (Å²) in [4.78, 5) is 5.46. The Morgan fingerprint density at radius 1 is 1.32 bits per heavy atom. The van der Waals surface area contributed by atoms with Gasteiger partial charge in [-0.2, -0.15) is 0 Å². The zero-order valence-electron chi connectivity index (χ0n) is 12.8. The van der Waals surface area contributed by atoms with Crippen LogP contribution in [-0.2, 0) is 0 Å². The van der Waals surface area contributed by atoms with Crippen molar-refractivity contribution in [2.24, 2.45) is 11.1 Å². The highest BCUT2D eigenvalue weighted by atomic mass is 32.1. The summed E-state index contributed by atoms with van der Waals surface area (Å²) in [5.74, 6) is 0. The minimum absolute atomic E-state index is 0.249. The highest BCUT2D eigenvalue weighted by Crippen LogP contribution is 2.37. The van der Waals surface area contributed by atoms with Gasteiger partial charge < -0.3 is 5.73 Å². The van der Waals surface area contributed by atoms with Crippen molar-refractivity contribution < 1.29 is 0 Å². The van der Waals surface area contributed by atoms with Gasteiger partial charge in [0.1, 0.15) is 0 Å². The second-order valence-corrected chi connectivity index (χ2v) is 7.99. The Kier molecular flexibility index (Phi) is 4.70. The zero-order chi connectivity index (χ0) is 14.0. The van der Waals surface area contributed by atoms with Gasteiger partial charge in [-0.15, -0.1) is 11.3 Å². The van der Waals surface area contributed by atoms with Gasteiger partial charge in [0, 0.05) is 15.8 Å². The van der Waals surface area contributed by atoms with Gasteiger partial charge in [0.05, 0.1) is 6.04 Å². The van der Waals surface area contributed by atoms with Crippen LogP contribution in [0.15, 0.2) is 12.1 Å². The van der Waals surface area contributed by atoms with Crippen LogP contribution in [0, 0.1) is 12.3 Å². The molecule has 2 unspecified atom stereocenters. The van der Waals surface area contributed by atoms with E-state index in [1.54, 1.807) is 0 Å². The first-order valence-corrected chi connectivity index (χ1v) is 8.30. The minimum atomic E-state index is 0.249. The van der Waals surface area contributed by atoms with E-state index in [1.165, 1.54) is 35.7 Å². The molecule has 0 aliphatic carbocycles. The van der Waals surface area contributed by atoms with E-state index in [-0.39, 0.29) is 6.04 Å². The lowest BCUT2D eigenvalue weighted by Gasteiger charge is -2.42. The lowest BCUT2D eigenvalue weighted by Crippen LogP contribution is -2.45. The number of piperidine rings is 1. The van der Waals surface area contributed by atoms with E-state index in [0.29, 0.717) is 11.5 Å². The molecular weight excluding hydrogens is 252 g/mol. The van der Waals surface area contributed by atoms with Gasteiger partial charge in [0.15, 0.2) is 0 Å². The van der Waals surface area contributed by atoms with E-state index in [2.05, 4.69) is 44.7 Å². The van der Waals surface area contributed by atoms with Crippen LogP contribution in [0.4, 0.5) is 0 Å². The second-order valence-electron chi connectivity index (χ2n) is 6.67. The van der Waals surface area contributed by atoms with Crippen LogP contribution in [0.5, 0.6) is 0 Å². The average molecular weight is 280 g/mol. The second kappa shape index (κ2) is 5.94. The summed E-state index contributed by atoms with van der Waals surface area (Å²) in [6, 6.07) is 5.17. The van der Waals surface area contributed by atoms with Gasteiger partial charge in [-0.1, -0.05) is 20.8 Å². The standard InChI is InChI=1S/C16H28N2S/c1-5-13(17)15(14-7-6-12(2)19-14)18-10-8-16(3,4)9-11-18/h6-7,13,15H,5,8-11,17H2,1-4H3. The monoisotopic (exact) mass is 280 g/mol. The number of rotatable bonds is 4. The fourth-order valence-electron chi connectivity index (χ4n) is 2.90. The lowest BCUT2D eigenvalue weighted by molar-refractivity contribution is 0.0824. The van der Waals surface area contributed by atoms with Gasteiger partial charge in [-0.25, -0.2) is 0 Å². The van der Waals surface area contributed by atoms with Gasteiger partial charge in [-0.3, -0.25) is 4.90 Å². The Balaban J connectivity index is 2.15. The molecule has 1 fully saturated rings. The maximum absolute atomic E-state index is 6.42. The molecule has 0 amide bonds. The molecule has 1 saturated heterocycles. The molecule has 1 aliphatic rings. The van der Waals surface area contributed by atoms with Crippen LogP contribution in [0.1, 0.15) is 55.8 Å². The van der Waals surface area contributed by atoms with Crippen molar-refractivity contribution in [3.05, 3.63) is 21.9 Å². The molecule has 1 aliphatic heterocycles. The molecule has 0 aromatic carbocycles. The third kappa shape index (κ3) is 3.59. The molecule has 2 N–H and O–H groups in total. The Labute approximate surface area is 122 Å². The summed E-state index contributed by atoms with van der Waals surface area (Å²) in [6.07, 6.45) is 3.61. The van der Waals surface area contributed by atoms with Crippen LogP contribution < -0.4 is 5.73 Å². The Hall–Kier alpha value is -0.380. The lowest BCUT2D eigenvalue weighted by atomic mass is 9.82. The van der Waals surface area contributed by atoms with Crippen LogP contribution in [0.2, 0.25) is 0 Å². The fraction of sp³-hybridized carbons (Fsp3) is 0.750. The van der Waals surface area contributed by atoms with Crippen LogP contribution in [0.25, 0.3) is 0 Å². The molecule has 2 nitrogen and oxygen atoms in total. The zero-order valence-corrected chi connectivity index (χ0v) is 13.6. The van der Waals surface area contributed by atoms with Crippen molar-refractivity contribution in [3.63, 3.8) is 0 Å². The summed E-state index contributed by atoms with van der Waals surface area (Å²) in [5, 5.41) is 0. The molecular formula is C16H28N2S. The van der Waals surface area contributed by atoms with Crippen molar-refractivity contribution in [1.29, 1.82) is 0 Å². The first-order valence-electron chi connectivity index (χ1n) is 7.49. The number of nitrogens with zero attached hydrogens (tertiary/aromatic N) is 1. The number of likely N-dealkylation sites (tertiary alicyclic amines) is 1. The Morgan fingerprint density at radius 3 is 2.42 bits per heavy atom. The van der Waals surface area contributed by atoms with Gasteiger partial charge >= 0.3 is 0 Å². The molecule has 2 heterocycles. The van der Waals surface area contributed by atoms with Crippen molar-refractivity contribution in [1.82, 2.24) is 4.90 Å². The third-order valence-electron chi connectivity index (χ3n) is 4.47. The first-order chi connectivity index (χ1) is 8.93. The molecule has 0 saturated carbocycles. The molecule has 2 atom stereocenters. The first kappa shape index (κ1) is 15.0. The van der Waals surface area contributed by atoms with E-state index in [1.807, 2.05) is 11.3 Å². The molecule has 1 aromatic heterocycles. The number of hydrogen-bond acceptors (Lipinski definition) is 3. The molecule has 0 radical (unpaired) electrons. The maximum atomic E-state index is 6.42. The van der Waals surface area contributed by atoms with E-state index in [9.17, 15) is 0 Å². The largest absolute Gasteiger partial charge is 0.326 e. The van der Waals surface area contributed by atoms with Gasteiger partial charge in [-0.05, 0) is 56.8 Å². The third-order valence-corrected chi connectivity index (χ3v) is 5.55. The highest BCUT2D eigenvalue weighted by molar-refractivity contribution is 7.12. The SMILES string of the molecule is CCC(N)C(c1ccc(C)s1)N1CCC(C)(C)CC1. The predicted molar refractivity (Wildman–Crippen MR) is 84.7 cm³/mol. The average Bonchev–Trinajstić information content (AvgIpc) is 2.78. The Morgan fingerprint density at radius 2 is 1.95 bits per heavy atom. The van der Waals surface area contributed by atoms with Crippen LogP contribution in [-0.4, -0.2) is 24.0 Å². The summed E-state index contributed by atoms with van der Waals surface area (Å²) in [5.41, 5.74) is 6.92.